The summed E-state index contributed by atoms with van der Waals surface area (Å²) < 4.78 is 30.6. The summed E-state index contributed by atoms with van der Waals surface area (Å²) in [5.74, 6) is -0.292. The van der Waals surface area contributed by atoms with Crippen molar-refractivity contribution in [3.63, 3.8) is 0 Å². The number of halogens is 1. The standard InChI is InChI=1S/C25H21FN2O6/c1-3-19(34-17-7-5-16(26)6-8-17)23(29)22-14(2)18(11-27)24(30)28(25(22)31)12-15-4-9-20-21(10-15)33-13-32-20/h4-10,19,31H,3,12-13H2,1-2H3. The predicted octanol–water partition coefficient (Wildman–Crippen LogP) is 3.69. The lowest BCUT2D eigenvalue weighted by Gasteiger charge is -2.20. The van der Waals surface area contributed by atoms with Gasteiger partial charge in [-0.05, 0) is 60.9 Å². The minimum Gasteiger partial charge on any atom is -0.494 e. The zero-order valence-corrected chi connectivity index (χ0v) is 18.5. The average Bonchev–Trinajstić information content (AvgIpc) is 3.29. The number of aromatic nitrogens is 1. The van der Waals surface area contributed by atoms with Crippen LogP contribution in [-0.4, -0.2) is 28.4 Å². The van der Waals surface area contributed by atoms with Crippen molar-refractivity contribution in [1.82, 2.24) is 4.57 Å². The fourth-order valence-corrected chi connectivity index (χ4v) is 3.78. The number of nitriles is 1. The van der Waals surface area contributed by atoms with Gasteiger partial charge in [0.2, 0.25) is 18.5 Å². The topological polar surface area (TPSA) is 111 Å². The van der Waals surface area contributed by atoms with E-state index in [0.29, 0.717) is 17.1 Å². The smallest absolute Gasteiger partial charge is 0.271 e. The summed E-state index contributed by atoms with van der Waals surface area (Å²) in [6.45, 7) is 3.12. The zero-order chi connectivity index (χ0) is 24.4. The molecule has 1 unspecified atom stereocenters. The molecule has 4 rings (SSSR count). The third-order valence-corrected chi connectivity index (χ3v) is 5.58. The molecule has 1 atom stereocenters. The van der Waals surface area contributed by atoms with Gasteiger partial charge in [-0.3, -0.25) is 14.2 Å². The Hall–Kier alpha value is -4.32. The number of aromatic hydroxyl groups is 1. The zero-order valence-electron chi connectivity index (χ0n) is 18.5. The van der Waals surface area contributed by atoms with E-state index in [4.69, 9.17) is 14.2 Å². The van der Waals surface area contributed by atoms with Crippen molar-refractivity contribution in [3.8, 4) is 29.2 Å². The number of hydrogen-bond donors (Lipinski definition) is 1. The number of carbonyl (C=O) groups excluding carboxylic acids is 1. The van der Waals surface area contributed by atoms with Crippen molar-refractivity contribution >= 4 is 5.78 Å². The number of benzene rings is 2. The van der Waals surface area contributed by atoms with E-state index in [1.165, 1.54) is 31.2 Å². The first-order valence-electron chi connectivity index (χ1n) is 10.6. The van der Waals surface area contributed by atoms with E-state index in [1.54, 1.807) is 25.1 Å². The fraction of sp³-hybridized carbons (Fsp3) is 0.240. The van der Waals surface area contributed by atoms with Gasteiger partial charge in [-0.2, -0.15) is 5.26 Å². The van der Waals surface area contributed by atoms with Crippen LogP contribution in [0.4, 0.5) is 4.39 Å². The molecule has 1 aliphatic rings. The highest BCUT2D eigenvalue weighted by Crippen LogP contribution is 2.33. The first-order chi connectivity index (χ1) is 16.3. The molecule has 8 nitrogen and oxygen atoms in total. The normalized spacial score (nSPS) is 12.8. The van der Waals surface area contributed by atoms with Crippen molar-refractivity contribution in [3.05, 3.63) is 80.9 Å². The van der Waals surface area contributed by atoms with Crippen LogP contribution in [0.3, 0.4) is 0 Å². The molecule has 3 aromatic rings. The molecule has 34 heavy (non-hydrogen) atoms. The fourth-order valence-electron chi connectivity index (χ4n) is 3.78. The van der Waals surface area contributed by atoms with Crippen LogP contribution in [0, 0.1) is 24.1 Å². The molecule has 0 saturated heterocycles. The number of ketones is 1. The highest BCUT2D eigenvalue weighted by molar-refractivity contribution is 6.03. The van der Waals surface area contributed by atoms with Crippen LogP contribution in [0.1, 0.15) is 40.4 Å². The molecule has 0 radical (unpaired) electrons. The number of pyridine rings is 1. The van der Waals surface area contributed by atoms with Gasteiger partial charge in [0.15, 0.2) is 17.6 Å². The quantitative estimate of drug-likeness (QED) is 0.531. The number of fused-ring (bicyclic) bond motifs is 1. The van der Waals surface area contributed by atoms with E-state index < -0.39 is 29.1 Å². The second kappa shape index (κ2) is 9.27. The predicted molar refractivity (Wildman–Crippen MR) is 119 cm³/mol. The summed E-state index contributed by atoms with van der Waals surface area (Å²) in [5, 5.41) is 20.6. The van der Waals surface area contributed by atoms with Gasteiger partial charge in [0.1, 0.15) is 23.2 Å². The number of Topliss-reactive ketones (excluding diaryl/α,β-unsaturated/α-hetero) is 1. The molecule has 0 spiro atoms. The minimum absolute atomic E-state index is 0.0677. The van der Waals surface area contributed by atoms with Crippen LogP contribution in [0.2, 0.25) is 0 Å². The Morgan fingerprint density at radius 3 is 2.62 bits per heavy atom. The van der Waals surface area contributed by atoms with Crippen LogP contribution in [0.15, 0.2) is 47.3 Å². The van der Waals surface area contributed by atoms with E-state index in [0.717, 1.165) is 4.57 Å². The Bertz CT molecular complexity index is 1360. The molecule has 0 aliphatic carbocycles. The molecule has 2 aromatic carbocycles. The maximum absolute atomic E-state index is 13.4. The van der Waals surface area contributed by atoms with E-state index in [-0.39, 0.29) is 42.2 Å². The molecule has 1 aliphatic heterocycles. The van der Waals surface area contributed by atoms with Crippen molar-refractivity contribution < 1.29 is 28.5 Å². The summed E-state index contributed by atoms with van der Waals surface area (Å²) >= 11 is 0. The van der Waals surface area contributed by atoms with Crippen LogP contribution < -0.4 is 19.8 Å². The minimum atomic E-state index is -1.03. The van der Waals surface area contributed by atoms with E-state index in [1.807, 2.05) is 6.07 Å². The first-order valence-corrected chi connectivity index (χ1v) is 10.6. The SMILES string of the molecule is CCC(Oc1ccc(F)cc1)C(=O)c1c(C)c(C#N)c(=O)n(Cc2ccc3c(c2)OCO3)c1O. The molecule has 1 aromatic heterocycles. The molecule has 174 valence electrons. The molecule has 2 heterocycles. The van der Waals surface area contributed by atoms with E-state index in [2.05, 4.69) is 0 Å². The molecular weight excluding hydrogens is 443 g/mol. The first kappa shape index (κ1) is 22.9. The monoisotopic (exact) mass is 464 g/mol. The lowest BCUT2D eigenvalue weighted by Crippen LogP contribution is -2.32. The average molecular weight is 464 g/mol. The third-order valence-electron chi connectivity index (χ3n) is 5.58. The second-order valence-electron chi connectivity index (χ2n) is 7.72. The highest BCUT2D eigenvalue weighted by atomic mass is 19.1. The Labute approximate surface area is 194 Å². The van der Waals surface area contributed by atoms with Crippen molar-refractivity contribution in [2.24, 2.45) is 0 Å². The Morgan fingerprint density at radius 2 is 1.94 bits per heavy atom. The summed E-state index contributed by atoms with van der Waals surface area (Å²) in [6.07, 6.45) is -0.795. The van der Waals surface area contributed by atoms with Gasteiger partial charge in [-0.15, -0.1) is 0 Å². The molecule has 1 N–H and O–H groups in total. The number of carbonyl (C=O) groups is 1. The van der Waals surface area contributed by atoms with Crippen LogP contribution in [0.5, 0.6) is 23.1 Å². The summed E-state index contributed by atoms with van der Waals surface area (Å²) in [5.41, 5.74) is -0.482. The van der Waals surface area contributed by atoms with E-state index in [9.17, 15) is 24.3 Å². The number of hydrogen-bond acceptors (Lipinski definition) is 7. The number of rotatable bonds is 7. The third kappa shape index (κ3) is 4.18. The van der Waals surface area contributed by atoms with Gasteiger partial charge in [-0.1, -0.05) is 13.0 Å². The molecular formula is C25H21FN2O6. The molecule has 0 saturated carbocycles. The Kier molecular flexibility index (Phi) is 6.23. The van der Waals surface area contributed by atoms with Crippen LogP contribution in [-0.2, 0) is 6.54 Å². The van der Waals surface area contributed by atoms with Crippen molar-refractivity contribution in [2.75, 3.05) is 6.79 Å². The van der Waals surface area contributed by atoms with E-state index >= 15 is 0 Å². The summed E-state index contributed by atoms with van der Waals surface area (Å²) in [7, 11) is 0. The maximum Gasteiger partial charge on any atom is 0.271 e. The second-order valence-corrected chi connectivity index (χ2v) is 7.72. The lowest BCUT2D eigenvalue weighted by molar-refractivity contribution is 0.0781. The van der Waals surface area contributed by atoms with Gasteiger partial charge in [-0.25, -0.2) is 4.39 Å². The highest BCUT2D eigenvalue weighted by Gasteiger charge is 2.30. The number of ether oxygens (including phenoxy) is 3. The van der Waals surface area contributed by atoms with Gasteiger partial charge >= 0.3 is 0 Å². The molecule has 0 amide bonds. The van der Waals surface area contributed by atoms with Gasteiger partial charge in [0, 0.05) is 0 Å². The largest absolute Gasteiger partial charge is 0.494 e. The van der Waals surface area contributed by atoms with Crippen molar-refractivity contribution in [2.45, 2.75) is 32.9 Å². The van der Waals surface area contributed by atoms with Gasteiger partial charge in [0.05, 0.1) is 12.1 Å². The lowest BCUT2D eigenvalue weighted by atomic mass is 9.97. The van der Waals surface area contributed by atoms with Crippen molar-refractivity contribution in [1.29, 1.82) is 5.26 Å². The maximum atomic E-state index is 13.4. The molecule has 9 heteroatoms. The summed E-state index contributed by atoms with van der Waals surface area (Å²) in [4.78, 5) is 26.4. The Morgan fingerprint density at radius 1 is 1.24 bits per heavy atom. The Balaban J connectivity index is 1.74. The van der Waals surface area contributed by atoms with Gasteiger partial charge < -0.3 is 19.3 Å². The summed E-state index contributed by atoms with van der Waals surface area (Å²) in [6, 6.07) is 12.1. The molecule has 0 fully saturated rings. The van der Waals surface area contributed by atoms with Crippen LogP contribution >= 0.6 is 0 Å². The number of nitrogens with zero attached hydrogens (tertiary/aromatic N) is 2. The molecule has 0 bridgehead atoms. The van der Waals surface area contributed by atoms with Gasteiger partial charge in [0.25, 0.3) is 5.56 Å². The van der Waals surface area contributed by atoms with Crippen LogP contribution in [0.25, 0.3) is 0 Å².